The summed E-state index contributed by atoms with van der Waals surface area (Å²) in [5, 5.41) is 0.792. The Bertz CT molecular complexity index is 1210. The normalized spacial score (nSPS) is 15.0. The summed E-state index contributed by atoms with van der Waals surface area (Å²) in [6.07, 6.45) is 2.10. The van der Waals surface area contributed by atoms with Gasteiger partial charge in [0.05, 0.1) is 18.1 Å². The van der Waals surface area contributed by atoms with Crippen LogP contribution in [-0.4, -0.2) is 62.4 Å². The van der Waals surface area contributed by atoms with Gasteiger partial charge in [-0.3, -0.25) is 9.59 Å². The second kappa shape index (κ2) is 9.64. The molecule has 0 spiro atoms. The SMILES string of the molecule is O=C(CCc1ccc(S(=O)(=O)N2CCOCC2)cc1)OCC(=O)c1c[nH]c2ccccc12. The number of hydrogen-bond donors (Lipinski definition) is 1. The lowest BCUT2D eigenvalue weighted by molar-refractivity contribution is -0.142. The predicted molar refractivity (Wildman–Crippen MR) is 118 cm³/mol. The zero-order valence-electron chi connectivity index (χ0n) is 17.5. The van der Waals surface area contributed by atoms with Gasteiger partial charge in [0.1, 0.15) is 0 Å². The minimum Gasteiger partial charge on any atom is -0.457 e. The molecule has 8 nitrogen and oxygen atoms in total. The minimum atomic E-state index is -3.54. The summed E-state index contributed by atoms with van der Waals surface area (Å²) in [5.74, 6) is -0.753. The lowest BCUT2D eigenvalue weighted by Crippen LogP contribution is -2.40. The number of benzene rings is 2. The largest absolute Gasteiger partial charge is 0.457 e. The zero-order chi connectivity index (χ0) is 22.6. The molecule has 1 aromatic heterocycles. The molecule has 32 heavy (non-hydrogen) atoms. The fourth-order valence-electron chi connectivity index (χ4n) is 3.61. The van der Waals surface area contributed by atoms with Crippen LogP contribution < -0.4 is 0 Å². The predicted octanol–water partition coefficient (Wildman–Crippen LogP) is 2.55. The molecule has 0 unspecified atom stereocenters. The fraction of sp³-hybridized carbons (Fsp3) is 0.304. The summed E-state index contributed by atoms with van der Waals surface area (Å²) in [6.45, 7) is 1.14. The minimum absolute atomic E-state index is 0.0940. The van der Waals surface area contributed by atoms with Crippen LogP contribution in [0.5, 0.6) is 0 Å². The molecule has 1 aliphatic heterocycles. The molecule has 168 valence electrons. The smallest absolute Gasteiger partial charge is 0.306 e. The van der Waals surface area contributed by atoms with Crippen LogP contribution in [0.15, 0.2) is 59.6 Å². The molecule has 1 saturated heterocycles. The number of nitrogens with zero attached hydrogens (tertiary/aromatic N) is 1. The fourth-order valence-corrected chi connectivity index (χ4v) is 5.02. The number of carbonyl (C=O) groups excluding carboxylic acids is 2. The van der Waals surface area contributed by atoms with Gasteiger partial charge < -0.3 is 14.5 Å². The van der Waals surface area contributed by atoms with E-state index < -0.39 is 16.0 Å². The van der Waals surface area contributed by atoms with Gasteiger partial charge in [0, 0.05) is 42.2 Å². The summed E-state index contributed by atoms with van der Waals surface area (Å²) >= 11 is 0. The zero-order valence-corrected chi connectivity index (χ0v) is 18.3. The Kier molecular flexibility index (Phi) is 6.69. The molecule has 0 radical (unpaired) electrons. The highest BCUT2D eigenvalue weighted by Crippen LogP contribution is 2.19. The van der Waals surface area contributed by atoms with Crippen LogP contribution in [0, 0.1) is 0 Å². The number of rotatable bonds is 8. The maximum Gasteiger partial charge on any atom is 0.306 e. The third-order valence-corrected chi connectivity index (χ3v) is 7.32. The van der Waals surface area contributed by atoms with E-state index in [0.29, 0.717) is 38.3 Å². The van der Waals surface area contributed by atoms with Gasteiger partial charge in [0.2, 0.25) is 15.8 Å². The van der Waals surface area contributed by atoms with Crippen molar-refractivity contribution in [3.8, 4) is 0 Å². The molecule has 0 saturated carbocycles. The van der Waals surface area contributed by atoms with Gasteiger partial charge in [-0.15, -0.1) is 0 Å². The number of aromatic nitrogens is 1. The molecule has 1 fully saturated rings. The van der Waals surface area contributed by atoms with Gasteiger partial charge in [0.15, 0.2) is 6.61 Å². The van der Waals surface area contributed by atoms with Crippen molar-refractivity contribution < 1.29 is 27.5 Å². The quantitative estimate of drug-likeness (QED) is 0.413. The van der Waals surface area contributed by atoms with Gasteiger partial charge in [-0.25, -0.2) is 8.42 Å². The van der Waals surface area contributed by atoms with Crippen molar-refractivity contribution in [3.63, 3.8) is 0 Å². The van der Waals surface area contributed by atoms with E-state index in [1.165, 1.54) is 4.31 Å². The van der Waals surface area contributed by atoms with Crippen LogP contribution >= 0.6 is 0 Å². The average molecular weight is 457 g/mol. The van der Waals surface area contributed by atoms with E-state index in [9.17, 15) is 18.0 Å². The summed E-state index contributed by atoms with van der Waals surface area (Å²) in [6, 6.07) is 13.9. The third-order valence-electron chi connectivity index (χ3n) is 5.40. The number of para-hydroxylation sites is 1. The first-order chi connectivity index (χ1) is 15.4. The first-order valence-corrected chi connectivity index (χ1v) is 11.8. The van der Waals surface area contributed by atoms with Gasteiger partial charge in [-0.1, -0.05) is 30.3 Å². The second-order valence-corrected chi connectivity index (χ2v) is 9.43. The maximum atomic E-state index is 12.7. The standard InChI is InChI=1S/C23H24N2O6S/c26-22(20-15-24-21-4-2-1-3-19(20)21)16-31-23(27)10-7-17-5-8-18(9-6-17)32(28,29)25-11-13-30-14-12-25/h1-6,8-9,15,24H,7,10-14,16H2. The van der Waals surface area contributed by atoms with E-state index in [0.717, 1.165) is 16.5 Å². The molecule has 2 heterocycles. The van der Waals surface area contributed by atoms with Crippen LogP contribution in [0.2, 0.25) is 0 Å². The van der Waals surface area contributed by atoms with E-state index in [1.54, 1.807) is 30.5 Å². The van der Waals surface area contributed by atoms with E-state index in [1.807, 2.05) is 24.3 Å². The van der Waals surface area contributed by atoms with Crippen molar-refractivity contribution in [1.82, 2.24) is 9.29 Å². The Labute approximate surface area is 186 Å². The molecule has 3 aromatic rings. The Morgan fingerprint density at radius 2 is 1.75 bits per heavy atom. The van der Waals surface area contributed by atoms with Crippen molar-refractivity contribution in [2.75, 3.05) is 32.9 Å². The first kappa shape index (κ1) is 22.2. The third kappa shape index (κ3) is 4.90. The van der Waals surface area contributed by atoms with Crippen molar-refractivity contribution in [2.45, 2.75) is 17.7 Å². The van der Waals surface area contributed by atoms with Crippen LogP contribution in [0.25, 0.3) is 10.9 Å². The summed E-state index contributed by atoms with van der Waals surface area (Å²) in [5.41, 5.74) is 2.15. The Hall–Kier alpha value is -3.01. The number of sulfonamides is 1. The number of ether oxygens (including phenoxy) is 2. The number of morpholine rings is 1. The highest BCUT2D eigenvalue weighted by Gasteiger charge is 2.26. The van der Waals surface area contributed by atoms with Gasteiger partial charge in [-0.2, -0.15) is 4.31 Å². The second-order valence-electron chi connectivity index (χ2n) is 7.49. The summed E-state index contributed by atoms with van der Waals surface area (Å²) in [7, 11) is -3.54. The molecule has 0 atom stereocenters. The molecule has 2 aromatic carbocycles. The van der Waals surface area contributed by atoms with Crippen LogP contribution in [0.4, 0.5) is 0 Å². The van der Waals surface area contributed by atoms with Crippen molar-refractivity contribution >= 4 is 32.7 Å². The van der Waals surface area contributed by atoms with E-state index in [4.69, 9.17) is 9.47 Å². The molecule has 4 rings (SSSR count). The number of aromatic amines is 1. The van der Waals surface area contributed by atoms with Crippen molar-refractivity contribution in [1.29, 1.82) is 0 Å². The molecule has 1 aliphatic rings. The first-order valence-electron chi connectivity index (χ1n) is 10.4. The van der Waals surface area contributed by atoms with Gasteiger partial charge >= 0.3 is 5.97 Å². The number of fused-ring (bicyclic) bond motifs is 1. The number of ketones is 1. The van der Waals surface area contributed by atoms with E-state index >= 15 is 0 Å². The number of H-pyrrole nitrogens is 1. The number of Topliss-reactive ketones (excluding diaryl/α,β-unsaturated/α-hetero) is 1. The summed E-state index contributed by atoms with van der Waals surface area (Å²) < 4.78 is 37.1. The van der Waals surface area contributed by atoms with Crippen molar-refractivity contribution in [2.24, 2.45) is 0 Å². The topological polar surface area (TPSA) is 106 Å². The molecular formula is C23H24N2O6S. The summed E-state index contributed by atoms with van der Waals surface area (Å²) in [4.78, 5) is 27.7. The number of esters is 1. The van der Waals surface area contributed by atoms with Crippen LogP contribution in [0.1, 0.15) is 22.3 Å². The lowest BCUT2D eigenvalue weighted by atomic mass is 10.1. The molecule has 9 heteroatoms. The molecule has 1 N–H and O–H groups in total. The molecule has 0 aliphatic carbocycles. The Morgan fingerprint density at radius 1 is 1.03 bits per heavy atom. The van der Waals surface area contributed by atoms with E-state index in [2.05, 4.69) is 4.98 Å². The van der Waals surface area contributed by atoms with E-state index in [-0.39, 0.29) is 23.7 Å². The lowest BCUT2D eigenvalue weighted by Gasteiger charge is -2.26. The van der Waals surface area contributed by atoms with Crippen LogP contribution in [0.3, 0.4) is 0 Å². The average Bonchev–Trinajstić information content (AvgIpc) is 3.26. The number of carbonyl (C=O) groups is 2. The monoisotopic (exact) mass is 456 g/mol. The Morgan fingerprint density at radius 3 is 2.50 bits per heavy atom. The molecular weight excluding hydrogens is 432 g/mol. The number of hydrogen-bond acceptors (Lipinski definition) is 6. The van der Waals surface area contributed by atoms with Gasteiger partial charge in [-0.05, 0) is 30.2 Å². The van der Waals surface area contributed by atoms with Crippen LogP contribution in [-0.2, 0) is 30.7 Å². The highest BCUT2D eigenvalue weighted by atomic mass is 32.2. The molecule has 0 amide bonds. The molecule has 0 bridgehead atoms. The highest BCUT2D eigenvalue weighted by molar-refractivity contribution is 7.89. The number of nitrogens with one attached hydrogen (secondary N) is 1. The van der Waals surface area contributed by atoms with Gasteiger partial charge in [0.25, 0.3) is 0 Å². The maximum absolute atomic E-state index is 12.7. The number of aryl methyl sites for hydroxylation is 1. The Balaban J connectivity index is 1.28. The van der Waals surface area contributed by atoms with Crippen molar-refractivity contribution in [3.05, 3.63) is 65.9 Å².